The van der Waals surface area contributed by atoms with Crippen LogP contribution >= 0.6 is 0 Å². The van der Waals surface area contributed by atoms with E-state index in [0.29, 0.717) is 46.0 Å². The van der Waals surface area contributed by atoms with Gasteiger partial charge >= 0.3 is 0 Å². The number of Topliss-reactive ketones (excluding diaryl/α,β-unsaturated/α-hetero) is 1. The van der Waals surface area contributed by atoms with Crippen LogP contribution in [0, 0.1) is 17.7 Å². The third-order valence-electron chi connectivity index (χ3n) is 5.83. The minimum absolute atomic E-state index is 0.00418. The van der Waals surface area contributed by atoms with Crippen LogP contribution in [0.5, 0.6) is 0 Å². The van der Waals surface area contributed by atoms with Crippen LogP contribution in [0.4, 0.5) is 4.39 Å². The Hall–Kier alpha value is -3.09. The Kier molecular flexibility index (Phi) is 4.90. The van der Waals surface area contributed by atoms with E-state index in [4.69, 9.17) is 0 Å². The van der Waals surface area contributed by atoms with E-state index in [1.165, 1.54) is 13.2 Å². The Morgan fingerprint density at radius 1 is 1.34 bits per heavy atom. The van der Waals surface area contributed by atoms with Gasteiger partial charge in [0.05, 0.1) is 11.7 Å². The summed E-state index contributed by atoms with van der Waals surface area (Å²) in [5.74, 6) is -0.107. The molecule has 0 bridgehead atoms. The number of pyridine rings is 2. The maximum absolute atomic E-state index is 14.3. The van der Waals surface area contributed by atoms with Gasteiger partial charge in [-0.1, -0.05) is 13.8 Å². The summed E-state index contributed by atoms with van der Waals surface area (Å²) in [5.41, 5.74) is 2.42. The van der Waals surface area contributed by atoms with E-state index in [2.05, 4.69) is 27.2 Å². The van der Waals surface area contributed by atoms with Crippen molar-refractivity contribution in [1.29, 1.82) is 0 Å². The number of amides is 1. The van der Waals surface area contributed by atoms with E-state index >= 15 is 0 Å². The number of fused-ring (bicyclic) bond motifs is 1. The lowest BCUT2D eigenvalue weighted by Gasteiger charge is -2.15. The second-order valence-corrected chi connectivity index (χ2v) is 7.86. The van der Waals surface area contributed by atoms with Crippen molar-refractivity contribution in [2.45, 2.75) is 32.6 Å². The number of nitrogens with one attached hydrogen (secondary N) is 2. The second-order valence-electron chi connectivity index (χ2n) is 7.86. The summed E-state index contributed by atoms with van der Waals surface area (Å²) in [5, 5.41) is 3.00. The van der Waals surface area contributed by atoms with Crippen molar-refractivity contribution in [2.24, 2.45) is 11.8 Å². The van der Waals surface area contributed by atoms with Gasteiger partial charge in [-0.3, -0.25) is 14.6 Å². The molecule has 0 unspecified atom stereocenters. The van der Waals surface area contributed by atoms with Gasteiger partial charge in [0.15, 0.2) is 5.78 Å². The highest BCUT2D eigenvalue weighted by Gasteiger charge is 2.34. The Bertz CT molecular complexity index is 1110. The highest BCUT2D eigenvalue weighted by Crippen LogP contribution is 2.41. The van der Waals surface area contributed by atoms with Crippen LogP contribution in [0.1, 0.15) is 64.7 Å². The molecule has 0 saturated heterocycles. The predicted octanol–water partition coefficient (Wildman–Crippen LogP) is 3.84. The average Bonchev–Trinajstić information content (AvgIpc) is 3.29. The van der Waals surface area contributed by atoms with Gasteiger partial charge in [-0.2, -0.15) is 0 Å². The molecule has 2 N–H and O–H groups in total. The minimum atomic E-state index is -0.370. The molecule has 4 rings (SSSR count). The zero-order chi connectivity index (χ0) is 20.7. The highest BCUT2D eigenvalue weighted by molar-refractivity contribution is 6.00. The number of hydrogen-bond donors (Lipinski definition) is 2. The second kappa shape index (κ2) is 7.39. The van der Waals surface area contributed by atoms with Crippen LogP contribution in [0.2, 0.25) is 0 Å². The number of aromatic nitrogens is 3. The summed E-state index contributed by atoms with van der Waals surface area (Å²) in [6, 6.07) is 3.26. The predicted molar refractivity (Wildman–Crippen MR) is 107 cm³/mol. The summed E-state index contributed by atoms with van der Waals surface area (Å²) in [4.78, 5) is 36.6. The Morgan fingerprint density at radius 3 is 2.79 bits per heavy atom. The standard InChI is InChI=1S/C22H23FN4O2/c1-11-4-13(11)7-20(28)14-5-17(27-18(6-14)22(29)24-3)12(2)15-8-25-10-19-21(15)16(23)9-26-19/h5-6,8-13,26H,4,7H2,1-3H3,(H,24,29)/t11-,12+,13+/m0/s1. The first-order valence-corrected chi connectivity index (χ1v) is 9.76. The number of rotatable bonds is 6. The molecule has 0 radical (unpaired) electrons. The molecule has 29 heavy (non-hydrogen) atoms. The van der Waals surface area contributed by atoms with Crippen molar-refractivity contribution >= 4 is 22.6 Å². The molecular formula is C22H23FN4O2. The largest absolute Gasteiger partial charge is 0.357 e. The fourth-order valence-corrected chi connectivity index (χ4v) is 3.77. The summed E-state index contributed by atoms with van der Waals surface area (Å²) in [6.07, 6.45) is 5.99. The summed E-state index contributed by atoms with van der Waals surface area (Å²) in [7, 11) is 1.52. The first-order valence-electron chi connectivity index (χ1n) is 9.76. The molecule has 1 saturated carbocycles. The number of ketones is 1. The van der Waals surface area contributed by atoms with Crippen LogP contribution in [-0.4, -0.2) is 33.7 Å². The van der Waals surface area contributed by atoms with Crippen molar-refractivity contribution < 1.29 is 14.0 Å². The van der Waals surface area contributed by atoms with Crippen LogP contribution in [0.3, 0.4) is 0 Å². The molecule has 1 fully saturated rings. The fourth-order valence-electron chi connectivity index (χ4n) is 3.77. The number of nitrogens with zero attached hydrogens (tertiary/aromatic N) is 2. The van der Waals surface area contributed by atoms with Gasteiger partial charge in [0.25, 0.3) is 5.91 Å². The Morgan fingerprint density at radius 2 is 2.10 bits per heavy atom. The maximum atomic E-state index is 14.3. The Balaban J connectivity index is 1.77. The molecule has 3 aromatic rings. The van der Waals surface area contributed by atoms with Crippen molar-refractivity contribution in [3.8, 4) is 0 Å². The van der Waals surface area contributed by atoms with Crippen LogP contribution in [-0.2, 0) is 0 Å². The molecular weight excluding hydrogens is 371 g/mol. The zero-order valence-corrected chi connectivity index (χ0v) is 16.6. The van der Waals surface area contributed by atoms with Gasteiger partial charge in [-0.05, 0) is 36.0 Å². The van der Waals surface area contributed by atoms with Crippen LogP contribution < -0.4 is 5.32 Å². The molecule has 1 aliphatic carbocycles. The molecule has 3 heterocycles. The third-order valence-corrected chi connectivity index (χ3v) is 5.83. The lowest BCUT2D eigenvalue weighted by molar-refractivity contribution is 0.0958. The van der Waals surface area contributed by atoms with Gasteiger partial charge in [0.1, 0.15) is 11.5 Å². The lowest BCUT2D eigenvalue weighted by Crippen LogP contribution is -2.21. The smallest absolute Gasteiger partial charge is 0.269 e. The van der Waals surface area contributed by atoms with Gasteiger partial charge in [-0.15, -0.1) is 0 Å². The van der Waals surface area contributed by atoms with Crippen molar-refractivity contribution in [3.05, 3.63) is 59.1 Å². The van der Waals surface area contributed by atoms with E-state index in [1.807, 2.05) is 6.92 Å². The number of H-pyrrole nitrogens is 1. The molecule has 150 valence electrons. The monoisotopic (exact) mass is 394 g/mol. The van der Waals surface area contributed by atoms with E-state index in [1.54, 1.807) is 24.5 Å². The van der Waals surface area contributed by atoms with Crippen molar-refractivity contribution in [1.82, 2.24) is 20.3 Å². The molecule has 7 heteroatoms. The van der Waals surface area contributed by atoms with Crippen molar-refractivity contribution in [3.63, 3.8) is 0 Å². The number of carbonyl (C=O) groups is 2. The minimum Gasteiger partial charge on any atom is -0.357 e. The molecule has 3 aromatic heterocycles. The molecule has 0 aliphatic heterocycles. The summed E-state index contributed by atoms with van der Waals surface area (Å²) in [6.45, 7) is 4.00. The van der Waals surface area contributed by atoms with Gasteiger partial charge in [-0.25, -0.2) is 9.37 Å². The van der Waals surface area contributed by atoms with Gasteiger partial charge < -0.3 is 10.3 Å². The molecule has 0 spiro atoms. The number of aromatic amines is 1. The van der Waals surface area contributed by atoms with E-state index in [0.717, 1.165) is 6.42 Å². The number of halogens is 1. The van der Waals surface area contributed by atoms with Crippen LogP contribution in [0.15, 0.2) is 30.7 Å². The average molecular weight is 394 g/mol. The first kappa shape index (κ1) is 19.2. The molecule has 1 amide bonds. The fraction of sp³-hybridized carbons (Fsp3) is 0.364. The van der Waals surface area contributed by atoms with Crippen molar-refractivity contribution in [2.75, 3.05) is 7.05 Å². The quantitative estimate of drug-likeness (QED) is 0.622. The Labute approximate surface area is 168 Å². The lowest BCUT2D eigenvalue weighted by atomic mass is 9.93. The topological polar surface area (TPSA) is 87.7 Å². The first-order chi connectivity index (χ1) is 13.9. The third kappa shape index (κ3) is 3.64. The molecule has 3 atom stereocenters. The van der Waals surface area contributed by atoms with E-state index in [9.17, 15) is 14.0 Å². The summed E-state index contributed by atoms with van der Waals surface area (Å²) >= 11 is 0. The highest BCUT2D eigenvalue weighted by atomic mass is 19.1. The van der Waals surface area contributed by atoms with E-state index in [-0.39, 0.29) is 29.1 Å². The number of carbonyl (C=O) groups excluding carboxylic acids is 2. The molecule has 6 nitrogen and oxygen atoms in total. The SMILES string of the molecule is CNC(=O)c1cc(C(=O)C[C@H]2C[C@@H]2C)cc([C@H](C)c2cncc3[nH]cc(F)c23)n1. The molecule has 1 aliphatic rings. The number of hydrogen-bond acceptors (Lipinski definition) is 4. The zero-order valence-electron chi connectivity index (χ0n) is 16.6. The van der Waals surface area contributed by atoms with Gasteiger partial charge in [0, 0.05) is 48.4 Å². The maximum Gasteiger partial charge on any atom is 0.269 e. The summed E-state index contributed by atoms with van der Waals surface area (Å²) < 4.78 is 14.3. The molecule has 0 aromatic carbocycles. The van der Waals surface area contributed by atoms with Crippen LogP contribution in [0.25, 0.3) is 10.9 Å². The normalized spacial score (nSPS) is 19.2. The van der Waals surface area contributed by atoms with E-state index < -0.39 is 0 Å². The van der Waals surface area contributed by atoms with Gasteiger partial charge in [0.2, 0.25) is 0 Å².